The zero-order chi connectivity index (χ0) is 9.52. The molecular weight excluding hydrogens is 176 g/mol. The van der Waals surface area contributed by atoms with Crippen molar-refractivity contribution in [2.45, 2.75) is 64.0 Å². The van der Waals surface area contributed by atoms with Crippen molar-refractivity contribution in [1.29, 1.82) is 0 Å². The van der Waals surface area contributed by atoms with Gasteiger partial charge >= 0.3 is 0 Å². The molecule has 1 rings (SSSR count). The second-order valence-electron chi connectivity index (χ2n) is 4.46. The summed E-state index contributed by atoms with van der Waals surface area (Å²) in [4.78, 5) is 0. The van der Waals surface area contributed by atoms with E-state index in [-0.39, 0.29) is 0 Å². The highest BCUT2D eigenvalue weighted by Gasteiger charge is 2.17. The molecule has 0 spiro atoms. The fourth-order valence-electron chi connectivity index (χ4n) is 2.00. The maximum Gasteiger partial charge on any atom is 0.00472 e. The van der Waals surface area contributed by atoms with E-state index in [9.17, 15) is 0 Å². The lowest BCUT2D eigenvalue weighted by atomic mass is 9.91. The fourth-order valence-corrected chi connectivity index (χ4v) is 3.31. The van der Waals surface area contributed by atoms with Crippen LogP contribution in [0.4, 0.5) is 0 Å². The van der Waals surface area contributed by atoms with Crippen LogP contribution < -0.4 is 0 Å². The van der Waals surface area contributed by atoms with E-state index in [2.05, 4.69) is 25.6 Å². The lowest BCUT2D eigenvalue weighted by molar-refractivity contribution is 0.393. The van der Waals surface area contributed by atoms with Crippen molar-refractivity contribution in [2.24, 2.45) is 5.92 Å². The van der Waals surface area contributed by atoms with Gasteiger partial charge in [-0.05, 0) is 43.8 Å². The van der Waals surface area contributed by atoms with Crippen molar-refractivity contribution < 1.29 is 0 Å². The first-order chi connectivity index (χ1) is 6.33. The topological polar surface area (TPSA) is 0 Å². The summed E-state index contributed by atoms with van der Waals surface area (Å²) in [6, 6.07) is 0. The number of hydrogen-bond acceptors (Lipinski definition) is 1. The molecule has 0 saturated heterocycles. The standard InChI is InChI=1S/C12H24S/c1-3-4-5-10-13-12-8-6-11(2)7-9-12/h11-12H,3-10H2,1-2H3/t11-,12+. The third kappa shape index (κ3) is 4.95. The molecule has 0 atom stereocenters. The smallest absolute Gasteiger partial charge is 0.00472 e. The van der Waals surface area contributed by atoms with Gasteiger partial charge in [-0.15, -0.1) is 0 Å². The van der Waals surface area contributed by atoms with Crippen LogP contribution in [-0.4, -0.2) is 11.0 Å². The maximum atomic E-state index is 2.40. The minimum atomic E-state index is 1.01. The Morgan fingerprint density at radius 1 is 1.08 bits per heavy atom. The van der Waals surface area contributed by atoms with Crippen LogP contribution in [0.15, 0.2) is 0 Å². The van der Waals surface area contributed by atoms with Gasteiger partial charge in [0, 0.05) is 5.25 Å². The first-order valence-corrected chi connectivity index (χ1v) is 6.99. The highest BCUT2D eigenvalue weighted by Crippen LogP contribution is 2.31. The molecule has 13 heavy (non-hydrogen) atoms. The molecule has 0 N–H and O–H groups in total. The zero-order valence-electron chi connectivity index (χ0n) is 9.22. The highest BCUT2D eigenvalue weighted by molar-refractivity contribution is 7.99. The van der Waals surface area contributed by atoms with E-state index in [1.165, 1.54) is 50.7 Å². The average Bonchev–Trinajstić information content (AvgIpc) is 2.15. The van der Waals surface area contributed by atoms with E-state index in [0.29, 0.717) is 0 Å². The minimum Gasteiger partial charge on any atom is -0.159 e. The van der Waals surface area contributed by atoms with Crippen molar-refractivity contribution in [3.8, 4) is 0 Å². The second-order valence-corrected chi connectivity index (χ2v) is 5.87. The molecule has 78 valence electrons. The third-order valence-corrected chi connectivity index (χ3v) is 4.53. The molecule has 1 aliphatic carbocycles. The number of hydrogen-bond donors (Lipinski definition) is 0. The van der Waals surface area contributed by atoms with Crippen molar-refractivity contribution in [3.05, 3.63) is 0 Å². The first-order valence-electron chi connectivity index (χ1n) is 5.94. The van der Waals surface area contributed by atoms with Gasteiger partial charge in [0.2, 0.25) is 0 Å². The monoisotopic (exact) mass is 200 g/mol. The number of rotatable bonds is 5. The molecule has 1 fully saturated rings. The van der Waals surface area contributed by atoms with Gasteiger partial charge in [-0.1, -0.05) is 26.7 Å². The molecule has 0 unspecified atom stereocenters. The van der Waals surface area contributed by atoms with E-state index in [0.717, 1.165) is 11.2 Å². The molecule has 0 nitrogen and oxygen atoms in total. The third-order valence-electron chi connectivity index (χ3n) is 3.06. The van der Waals surface area contributed by atoms with Gasteiger partial charge in [0.15, 0.2) is 0 Å². The summed E-state index contributed by atoms with van der Waals surface area (Å²) in [5.74, 6) is 2.42. The van der Waals surface area contributed by atoms with E-state index >= 15 is 0 Å². The Balaban J connectivity index is 1.96. The zero-order valence-corrected chi connectivity index (χ0v) is 10.0. The largest absolute Gasteiger partial charge is 0.159 e. The van der Waals surface area contributed by atoms with Crippen LogP contribution in [0, 0.1) is 5.92 Å². The van der Waals surface area contributed by atoms with E-state index in [1.807, 2.05) is 0 Å². The molecule has 0 bridgehead atoms. The van der Waals surface area contributed by atoms with Gasteiger partial charge < -0.3 is 0 Å². The van der Waals surface area contributed by atoms with Crippen molar-refractivity contribution in [3.63, 3.8) is 0 Å². The first kappa shape index (κ1) is 11.4. The lowest BCUT2D eigenvalue weighted by Crippen LogP contribution is -2.14. The Morgan fingerprint density at radius 2 is 1.77 bits per heavy atom. The lowest BCUT2D eigenvalue weighted by Gasteiger charge is -2.25. The van der Waals surface area contributed by atoms with Gasteiger partial charge in [-0.2, -0.15) is 11.8 Å². The van der Waals surface area contributed by atoms with Crippen LogP contribution in [0.5, 0.6) is 0 Å². The van der Waals surface area contributed by atoms with Crippen LogP contribution in [0.3, 0.4) is 0 Å². The normalized spacial score (nSPS) is 29.1. The van der Waals surface area contributed by atoms with Crippen LogP contribution in [0.1, 0.15) is 58.8 Å². The maximum absolute atomic E-state index is 2.40. The number of unbranched alkanes of at least 4 members (excludes halogenated alkanes) is 2. The Bertz CT molecular complexity index is 114. The predicted molar refractivity (Wildman–Crippen MR) is 63.4 cm³/mol. The quantitative estimate of drug-likeness (QED) is 0.589. The molecule has 1 heteroatoms. The molecule has 0 aliphatic heterocycles. The molecule has 0 aromatic rings. The van der Waals surface area contributed by atoms with Crippen molar-refractivity contribution in [2.75, 3.05) is 5.75 Å². The molecule has 0 aromatic carbocycles. The summed E-state index contributed by atoms with van der Waals surface area (Å²) < 4.78 is 0. The predicted octanol–water partition coefficient (Wildman–Crippen LogP) is 4.49. The second kappa shape index (κ2) is 6.75. The average molecular weight is 200 g/mol. The SMILES string of the molecule is CCCCCS[C@H]1CC[C@@H](C)CC1. The Morgan fingerprint density at radius 3 is 2.38 bits per heavy atom. The molecule has 1 saturated carbocycles. The van der Waals surface area contributed by atoms with Crippen molar-refractivity contribution in [1.82, 2.24) is 0 Å². The van der Waals surface area contributed by atoms with Gasteiger partial charge in [-0.25, -0.2) is 0 Å². The van der Waals surface area contributed by atoms with Gasteiger partial charge in [0.25, 0.3) is 0 Å². The van der Waals surface area contributed by atoms with E-state index in [1.54, 1.807) is 0 Å². The summed E-state index contributed by atoms with van der Waals surface area (Å²) in [7, 11) is 0. The van der Waals surface area contributed by atoms with Crippen molar-refractivity contribution >= 4 is 11.8 Å². The fraction of sp³-hybridized carbons (Fsp3) is 1.00. The molecular formula is C12H24S. The van der Waals surface area contributed by atoms with Gasteiger partial charge in [0.05, 0.1) is 0 Å². The molecule has 1 aliphatic rings. The van der Waals surface area contributed by atoms with Crippen LogP contribution >= 0.6 is 11.8 Å². The highest BCUT2D eigenvalue weighted by atomic mass is 32.2. The summed E-state index contributed by atoms with van der Waals surface area (Å²) in [5, 5.41) is 1.01. The van der Waals surface area contributed by atoms with Crippen LogP contribution in [0.2, 0.25) is 0 Å². The minimum absolute atomic E-state index is 1.01. The number of thioether (sulfide) groups is 1. The summed E-state index contributed by atoms with van der Waals surface area (Å²) >= 11 is 2.24. The van der Waals surface area contributed by atoms with Crippen LogP contribution in [0.25, 0.3) is 0 Å². The van der Waals surface area contributed by atoms with E-state index < -0.39 is 0 Å². The van der Waals surface area contributed by atoms with Gasteiger partial charge in [-0.3, -0.25) is 0 Å². The summed E-state index contributed by atoms with van der Waals surface area (Å²) in [5.41, 5.74) is 0. The molecule has 0 radical (unpaired) electrons. The van der Waals surface area contributed by atoms with Gasteiger partial charge in [0.1, 0.15) is 0 Å². The molecule has 0 aromatic heterocycles. The summed E-state index contributed by atoms with van der Waals surface area (Å²) in [6.45, 7) is 4.69. The Hall–Kier alpha value is 0.350. The van der Waals surface area contributed by atoms with E-state index in [4.69, 9.17) is 0 Å². The molecule has 0 amide bonds. The summed E-state index contributed by atoms with van der Waals surface area (Å²) in [6.07, 6.45) is 10.2. The molecule has 0 heterocycles. The Kier molecular flexibility index (Phi) is 5.93. The van der Waals surface area contributed by atoms with Crippen LogP contribution in [-0.2, 0) is 0 Å². The Labute approximate surface area is 87.9 Å².